The van der Waals surface area contributed by atoms with Crippen molar-refractivity contribution >= 4 is 0 Å². The minimum atomic E-state index is -0.0993. The molecule has 1 heteroatoms. The Morgan fingerprint density at radius 1 is 0.739 bits per heavy atom. The van der Waals surface area contributed by atoms with Gasteiger partial charge in [0.1, 0.15) is 5.82 Å². The number of unbranched alkanes of at least 4 members (excludes halogenated alkanes) is 5. The first-order chi connectivity index (χ1) is 11.2. The molecule has 0 spiro atoms. The summed E-state index contributed by atoms with van der Waals surface area (Å²) < 4.78 is 14.4. The number of rotatable bonds is 9. The van der Waals surface area contributed by atoms with E-state index in [1.54, 1.807) is 6.07 Å². The predicted molar refractivity (Wildman–Crippen MR) is 98.3 cm³/mol. The number of benzene rings is 2. The fourth-order valence-corrected chi connectivity index (χ4v) is 2.98. The van der Waals surface area contributed by atoms with Gasteiger partial charge in [-0.2, -0.15) is 0 Å². The van der Waals surface area contributed by atoms with E-state index in [0.717, 1.165) is 30.4 Å². The minimum Gasteiger partial charge on any atom is -0.206 e. The summed E-state index contributed by atoms with van der Waals surface area (Å²) >= 11 is 0. The van der Waals surface area contributed by atoms with Gasteiger partial charge in [0.2, 0.25) is 0 Å². The van der Waals surface area contributed by atoms with Crippen LogP contribution in [0.15, 0.2) is 42.5 Å². The van der Waals surface area contributed by atoms with Gasteiger partial charge >= 0.3 is 0 Å². The van der Waals surface area contributed by atoms with Crippen LogP contribution in [0.3, 0.4) is 0 Å². The van der Waals surface area contributed by atoms with Crippen LogP contribution < -0.4 is 0 Å². The molecule has 0 saturated heterocycles. The maximum atomic E-state index is 14.4. The van der Waals surface area contributed by atoms with Gasteiger partial charge in [-0.3, -0.25) is 0 Å². The molecule has 0 saturated carbocycles. The second-order valence-electron chi connectivity index (χ2n) is 6.38. The van der Waals surface area contributed by atoms with E-state index in [0.29, 0.717) is 5.56 Å². The highest BCUT2D eigenvalue weighted by atomic mass is 19.1. The molecule has 0 aliphatic rings. The van der Waals surface area contributed by atoms with Crippen LogP contribution in [0, 0.1) is 5.82 Å². The van der Waals surface area contributed by atoms with Crippen molar-refractivity contribution in [1.29, 1.82) is 0 Å². The summed E-state index contributed by atoms with van der Waals surface area (Å²) in [4.78, 5) is 0. The highest BCUT2D eigenvalue weighted by molar-refractivity contribution is 5.64. The number of hydrogen-bond donors (Lipinski definition) is 0. The molecule has 2 rings (SSSR count). The second kappa shape index (κ2) is 9.50. The third kappa shape index (κ3) is 5.49. The van der Waals surface area contributed by atoms with Gasteiger partial charge in [-0.25, -0.2) is 4.39 Å². The van der Waals surface area contributed by atoms with Gasteiger partial charge < -0.3 is 0 Å². The summed E-state index contributed by atoms with van der Waals surface area (Å²) in [5.74, 6) is -0.0993. The monoisotopic (exact) mass is 312 g/mol. The fraction of sp³-hybridized carbons (Fsp3) is 0.455. The van der Waals surface area contributed by atoms with Crippen molar-refractivity contribution in [1.82, 2.24) is 0 Å². The van der Waals surface area contributed by atoms with E-state index in [1.165, 1.54) is 37.7 Å². The van der Waals surface area contributed by atoms with Crippen LogP contribution in [0.2, 0.25) is 0 Å². The quantitative estimate of drug-likeness (QED) is 0.439. The summed E-state index contributed by atoms with van der Waals surface area (Å²) in [6, 6.07) is 13.9. The molecule has 0 aliphatic carbocycles. The molecule has 0 aromatic heterocycles. The molecule has 0 bridgehead atoms. The largest absolute Gasteiger partial charge is 0.206 e. The lowest BCUT2D eigenvalue weighted by molar-refractivity contribution is 0.603. The molecule has 0 unspecified atom stereocenters. The Balaban J connectivity index is 1.92. The van der Waals surface area contributed by atoms with E-state index in [-0.39, 0.29) is 5.82 Å². The molecule has 0 atom stereocenters. The van der Waals surface area contributed by atoms with Gasteiger partial charge in [0.25, 0.3) is 0 Å². The van der Waals surface area contributed by atoms with Crippen LogP contribution in [0.25, 0.3) is 11.1 Å². The third-order valence-electron chi connectivity index (χ3n) is 4.53. The van der Waals surface area contributed by atoms with Crippen LogP contribution in [-0.2, 0) is 12.8 Å². The van der Waals surface area contributed by atoms with E-state index < -0.39 is 0 Å². The van der Waals surface area contributed by atoms with Crippen LogP contribution >= 0.6 is 0 Å². The average Bonchev–Trinajstić information content (AvgIpc) is 2.58. The average molecular weight is 312 g/mol. The van der Waals surface area contributed by atoms with Gasteiger partial charge in [-0.05, 0) is 42.0 Å². The predicted octanol–water partition coefficient (Wildman–Crippen LogP) is 6.96. The van der Waals surface area contributed by atoms with Gasteiger partial charge in [-0.1, -0.05) is 82.3 Å². The zero-order valence-electron chi connectivity index (χ0n) is 14.6. The minimum absolute atomic E-state index is 0.0993. The first-order valence-electron chi connectivity index (χ1n) is 9.12. The zero-order valence-corrected chi connectivity index (χ0v) is 14.6. The molecular weight excluding hydrogens is 283 g/mol. The molecule has 0 amide bonds. The van der Waals surface area contributed by atoms with Crippen molar-refractivity contribution in [2.24, 2.45) is 0 Å². The van der Waals surface area contributed by atoms with E-state index in [1.807, 2.05) is 18.2 Å². The lowest BCUT2D eigenvalue weighted by Gasteiger charge is -2.08. The molecule has 124 valence electrons. The zero-order chi connectivity index (χ0) is 16.5. The highest BCUT2D eigenvalue weighted by Gasteiger charge is 2.06. The Hall–Kier alpha value is -1.63. The van der Waals surface area contributed by atoms with Crippen molar-refractivity contribution in [3.63, 3.8) is 0 Å². The topological polar surface area (TPSA) is 0 Å². The Kier molecular flexibility index (Phi) is 7.32. The second-order valence-corrected chi connectivity index (χ2v) is 6.38. The van der Waals surface area contributed by atoms with Crippen LogP contribution in [0.1, 0.15) is 63.5 Å². The first kappa shape index (κ1) is 17.7. The summed E-state index contributed by atoms with van der Waals surface area (Å²) in [5.41, 5.74) is 4.07. The van der Waals surface area contributed by atoms with Crippen molar-refractivity contribution in [3.8, 4) is 11.1 Å². The standard InChI is InChI=1S/C22H29F/c1-3-5-6-7-8-9-10-19-13-16-21(22(23)17-19)20-14-11-18(4-2)12-15-20/h11-17H,3-10H2,1-2H3. The molecule has 0 nitrogen and oxygen atoms in total. The van der Waals surface area contributed by atoms with Gasteiger partial charge in [-0.15, -0.1) is 0 Å². The number of hydrogen-bond acceptors (Lipinski definition) is 0. The van der Waals surface area contributed by atoms with E-state index in [2.05, 4.69) is 32.0 Å². The molecule has 0 fully saturated rings. The Morgan fingerprint density at radius 2 is 1.39 bits per heavy atom. The Labute approximate surface area is 140 Å². The maximum Gasteiger partial charge on any atom is 0.131 e. The Morgan fingerprint density at radius 3 is 2.04 bits per heavy atom. The highest BCUT2D eigenvalue weighted by Crippen LogP contribution is 2.25. The first-order valence-corrected chi connectivity index (χ1v) is 9.12. The molecule has 23 heavy (non-hydrogen) atoms. The molecule has 0 aliphatic heterocycles. The van der Waals surface area contributed by atoms with Crippen LogP contribution in [-0.4, -0.2) is 0 Å². The van der Waals surface area contributed by atoms with Gasteiger partial charge in [0.15, 0.2) is 0 Å². The van der Waals surface area contributed by atoms with E-state index in [9.17, 15) is 4.39 Å². The van der Waals surface area contributed by atoms with E-state index in [4.69, 9.17) is 0 Å². The molecule has 0 radical (unpaired) electrons. The summed E-state index contributed by atoms with van der Waals surface area (Å²) in [6.07, 6.45) is 9.66. The van der Waals surface area contributed by atoms with Crippen molar-refractivity contribution in [3.05, 3.63) is 59.4 Å². The van der Waals surface area contributed by atoms with Crippen LogP contribution in [0.5, 0.6) is 0 Å². The third-order valence-corrected chi connectivity index (χ3v) is 4.53. The van der Waals surface area contributed by atoms with E-state index >= 15 is 0 Å². The molecule has 2 aromatic carbocycles. The van der Waals surface area contributed by atoms with Crippen molar-refractivity contribution in [2.45, 2.75) is 65.2 Å². The fourth-order valence-electron chi connectivity index (χ4n) is 2.98. The normalized spacial score (nSPS) is 10.9. The lowest BCUT2D eigenvalue weighted by atomic mass is 9.99. The number of aryl methyl sites for hydroxylation is 2. The summed E-state index contributed by atoms with van der Waals surface area (Å²) in [6.45, 7) is 4.37. The SMILES string of the molecule is CCCCCCCCc1ccc(-c2ccc(CC)cc2)c(F)c1. The van der Waals surface area contributed by atoms with Gasteiger partial charge in [0.05, 0.1) is 0 Å². The Bertz CT molecular complexity index is 583. The molecular formula is C22H29F. The van der Waals surface area contributed by atoms with Crippen molar-refractivity contribution < 1.29 is 4.39 Å². The summed E-state index contributed by atoms with van der Waals surface area (Å²) in [7, 11) is 0. The lowest BCUT2D eigenvalue weighted by Crippen LogP contribution is -1.91. The van der Waals surface area contributed by atoms with Crippen molar-refractivity contribution in [2.75, 3.05) is 0 Å². The number of halogens is 1. The molecule has 2 aromatic rings. The molecule has 0 heterocycles. The van der Waals surface area contributed by atoms with Crippen LogP contribution in [0.4, 0.5) is 4.39 Å². The summed E-state index contributed by atoms with van der Waals surface area (Å²) in [5, 5.41) is 0. The smallest absolute Gasteiger partial charge is 0.131 e. The maximum absolute atomic E-state index is 14.4. The molecule has 0 N–H and O–H groups in total. The van der Waals surface area contributed by atoms with Gasteiger partial charge in [0, 0.05) is 5.56 Å².